The summed E-state index contributed by atoms with van der Waals surface area (Å²) >= 11 is 0. The molecule has 4 heterocycles. The van der Waals surface area contributed by atoms with Crippen LogP contribution < -0.4 is 20.7 Å². The molecule has 12 nitrogen and oxygen atoms in total. The molecule has 53 heavy (non-hydrogen) atoms. The van der Waals surface area contributed by atoms with E-state index in [9.17, 15) is 14.0 Å². The molecule has 1 aliphatic rings. The van der Waals surface area contributed by atoms with Gasteiger partial charge in [0.1, 0.15) is 41.7 Å². The van der Waals surface area contributed by atoms with E-state index in [1.54, 1.807) is 10.9 Å². The highest BCUT2D eigenvalue weighted by atomic mass is 19.1. The van der Waals surface area contributed by atoms with Gasteiger partial charge in [-0.25, -0.2) is 28.8 Å². The minimum absolute atomic E-state index is 0.0784. The van der Waals surface area contributed by atoms with Crippen molar-refractivity contribution < 1.29 is 18.7 Å². The number of rotatable bonds is 9. The highest BCUT2D eigenvalue weighted by Gasteiger charge is 2.27. The average Bonchev–Trinajstić information content (AvgIpc) is 3.78. The monoisotopic (exact) mass is 713 g/mol. The second-order valence-corrected chi connectivity index (χ2v) is 14.0. The smallest absolute Gasteiger partial charge is 0.324 e. The molecule has 7 rings (SSSR count). The van der Waals surface area contributed by atoms with E-state index in [2.05, 4.69) is 51.7 Å². The number of anilines is 4. The topological polar surface area (TPSA) is 139 Å². The van der Waals surface area contributed by atoms with E-state index in [1.165, 1.54) is 17.3 Å². The first-order valence-electron chi connectivity index (χ1n) is 17.4. The zero-order valence-electron chi connectivity index (χ0n) is 29.9. The van der Waals surface area contributed by atoms with Crippen molar-refractivity contribution in [2.75, 3.05) is 29.0 Å². The van der Waals surface area contributed by atoms with Gasteiger partial charge >= 0.3 is 6.03 Å². The van der Waals surface area contributed by atoms with Crippen molar-refractivity contribution in [3.63, 3.8) is 0 Å². The Morgan fingerprint density at radius 1 is 0.906 bits per heavy atom. The first kappa shape index (κ1) is 35.1. The molecule has 3 aromatic heterocycles. The van der Waals surface area contributed by atoms with Crippen LogP contribution in [0, 0.1) is 6.92 Å². The Kier molecular flexibility index (Phi) is 9.72. The van der Waals surface area contributed by atoms with Crippen molar-refractivity contribution in [1.82, 2.24) is 29.6 Å². The molecule has 3 amide bonds. The normalized spacial score (nSPS) is 14.3. The van der Waals surface area contributed by atoms with E-state index in [4.69, 9.17) is 9.84 Å². The Balaban J connectivity index is 1.02. The number of pyridine rings is 1. The SMILES string of the molecule is Cc1ccc(-n2nc(C(C)(C)C)cc2NC(=O)Nc2ccc(OCc3ccnc(Nc4cnc(C(=O)N5CCC(F)C5)cn4)c3)c3ccccc23)cc1. The molecular formula is C40H40FN9O3. The lowest BCUT2D eigenvalue weighted by molar-refractivity contribution is 0.0776. The summed E-state index contributed by atoms with van der Waals surface area (Å²) in [4.78, 5) is 40.4. The Hall–Kier alpha value is -6.37. The van der Waals surface area contributed by atoms with E-state index in [0.29, 0.717) is 41.9 Å². The standard InChI is InChI=1S/C40H40FN9O3/c1-25-9-11-28(12-10-25)50-37(20-34(48-50)40(2,3)4)47-39(52)45-31-13-14-33(30-8-6-5-7-29(30)31)53-24-26-15-17-42-35(19-26)46-36-22-43-32(21-44-36)38(51)49-18-16-27(41)23-49/h5-15,17,19-22,27H,16,18,23-24H2,1-4H3,(H,42,44,46)(H2,45,47,52). The molecule has 0 spiro atoms. The van der Waals surface area contributed by atoms with Gasteiger partial charge in [0.2, 0.25) is 0 Å². The van der Waals surface area contributed by atoms with Crippen molar-refractivity contribution >= 4 is 45.9 Å². The summed E-state index contributed by atoms with van der Waals surface area (Å²) in [5, 5.41) is 15.6. The van der Waals surface area contributed by atoms with Gasteiger partial charge in [-0.1, -0.05) is 62.7 Å². The molecule has 1 fully saturated rings. The van der Waals surface area contributed by atoms with Gasteiger partial charge in [-0.15, -0.1) is 0 Å². The number of hydrogen-bond acceptors (Lipinski definition) is 8. The molecule has 0 saturated carbocycles. The van der Waals surface area contributed by atoms with Crippen molar-refractivity contribution in [2.45, 2.75) is 52.3 Å². The van der Waals surface area contributed by atoms with Crippen molar-refractivity contribution in [2.24, 2.45) is 0 Å². The molecular weight excluding hydrogens is 673 g/mol. The van der Waals surface area contributed by atoms with E-state index in [0.717, 1.165) is 33.3 Å². The number of nitrogens with zero attached hydrogens (tertiary/aromatic N) is 6. The first-order chi connectivity index (χ1) is 25.5. The number of likely N-dealkylation sites (tertiary alicyclic amines) is 1. The van der Waals surface area contributed by atoms with Gasteiger partial charge in [-0.2, -0.15) is 5.10 Å². The fourth-order valence-electron chi connectivity index (χ4n) is 5.99. The van der Waals surface area contributed by atoms with Crippen molar-refractivity contribution in [3.05, 3.63) is 120 Å². The highest BCUT2D eigenvalue weighted by Crippen LogP contribution is 2.33. The van der Waals surface area contributed by atoms with Crippen molar-refractivity contribution in [1.29, 1.82) is 0 Å². The van der Waals surface area contributed by atoms with Crippen LogP contribution in [-0.4, -0.2) is 60.8 Å². The third-order valence-corrected chi connectivity index (χ3v) is 8.89. The zero-order chi connectivity index (χ0) is 37.1. The molecule has 1 saturated heterocycles. The number of aromatic nitrogens is 5. The third kappa shape index (κ3) is 8.09. The van der Waals surface area contributed by atoms with Crippen LogP contribution in [0.3, 0.4) is 0 Å². The largest absolute Gasteiger partial charge is 0.488 e. The average molecular weight is 714 g/mol. The number of ether oxygens (including phenoxy) is 1. The zero-order valence-corrected chi connectivity index (χ0v) is 29.9. The minimum Gasteiger partial charge on any atom is -0.488 e. The van der Waals surface area contributed by atoms with E-state index < -0.39 is 12.2 Å². The quantitative estimate of drug-likeness (QED) is 0.137. The summed E-state index contributed by atoms with van der Waals surface area (Å²) in [6, 6.07) is 24.5. The summed E-state index contributed by atoms with van der Waals surface area (Å²) in [6.45, 7) is 8.98. The molecule has 1 aliphatic heterocycles. The number of carbonyl (C=O) groups excluding carboxylic acids is 2. The molecule has 0 aliphatic carbocycles. The number of urea groups is 1. The minimum atomic E-state index is -1.00. The number of halogens is 1. The lowest BCUT2D eigenvalue weighted by atomic mass is 9.92. The second kappa shape index (κ2) is 14.7. The van der Waals surface area contributed by atoms with Gasteiger partial charge in [0.15, 0.2) is 0 Å². The summed E-state index contributed by atoms with van der Waals surface area (Å²) in [5.74, 6) is 1.80. The van der Waals surface area contributed by atoms with Gasteiger partial charge in [-0.3, -0.25) is 10.1 Å². The molecule has 6 aromatic rings. The van der Waals surface area contributed by atoms with Gasteiger partial charge in [-0.05, 0) is 55.3 Å². The maximum atomic E-state index is 13.5. The summed E-state index contributed by atoms with van der Waals surface area (Å²) < 4.78 is 21.6. The van der Waals surface area contributed by atoms with Crippen LogP contribution >= 0.6 is 0 Å². The number of carbonyl (C=O) groups is 2. The van der Waals surface area contributed by atoms with Crippen LogP contribution in [0.25, 0.3) is 16.5 Å². The van der Waals surface area contributed by atoms with Gasteiger partial charge in [0.25, 0.3) is 5.91 Å². The number of alkyl halides is 1. The van der Waals surface area contributed by atoms with Crippen LogP contribution in [-0.2, 0) is 12.0 Å². The number of amides is 3. The maximum Gasteiger partial charge on any atom is 0.324 e. The van der Waals surface area contributed by atoms with Gasteiger partial charge < -0.3 is 20.3 Å². The van der Waals surface area contributed by atoms with Gasteiger partial charge in [0, 0.05) is 35.0 Å². The van der Waals surface area contributed by atoms with Crippen LogP contribution in [0.1, 0.15) is 54.5 Å². The second-order valence-electron chi connectivity index (χ2n) is 14.0. The fraction of sp³-hybridized carbons (Fsp3) is 0.250. The van der Waals surface area contributed by atoms with Gasteiger partial charge in [0.05, 0.1) is 36.0 Å². The highest BCUT2D eigenvalue weighted by molar-refractivity contribution is 6.07. The summed E-state index contributed by atoms with van der Waals surface area (Å²) in [5.41, 5.74) is 4.25. The van der Waals surface area contributed by atoms with Crippen LogP contribution in [0.4, 0.5) is 32.3 Å². The molecule has 1 unspecified atom stereocenters. The molecule has 270 valence electrons. The first-order valence-corrected chi connectivity index (χ1v) is 17.4. The molecule has 0 radical (unpaired) electrons. The predicted octanol–water partition coefficient (Wildman–Crippen LogP) is 7.97. The molecule has 1 atom stereocenters. The number of aryl methyl sites for hydroxylation is 1. The molecule has 0 bridgehead atoms. The van der Waals surface area contributed by atoms with Crippen LogP contribution in [0.5, 0.6) is 5.75 Å². The lowest BCUT2D eigenvalue weighted by Gasteiger charge is -2.15. The van der Waals surface area contributed by atoms with E-state index in [-0.39, 0.29) is 30.2 Å². The Labute approximate surface area is 306 Å². The lowest BCUT2D eigenvalue weighted by Crippen LogP contribution is -2.29. The summed E-state index contributed by atoms with van der Waals surface area (Å²) in [7, 11) is 0. The Morgan fingerprint density at radius 2 is 1.70 bits per heavy atom. The molecule has 3 N–H and O–H groups in total. The van der Waals surface area contributed by atoms with Crippen LogP contribution in [0.15, 0.2) is 97.5 Å². The predicted molar refractivity (Wildman–Crippen MR) is 203 cm³/mol. The number of benzene rings is 3. The molecule has 13 heteroatoms. The fourth-order valence-corrected chi connectivity index (χ4v) is 5.99. The maximum absolute atomic E-state index is 13.5. The summed E-state index contributed by atoms with van der Waals surface area (Å²) in [6.07, 6.45) is 3.82. The Morgan fingerprint density at radius 3 is 2.42 bits per heavy atom. The van der Waals surface area contributed by atoms with E-state index >= 15 is 0 Å². The van der Waals surface area contributed by atoms with E-state index in [1.807, 2.05) is 85.8 Å². The third-order valence-electron chi connectivity index (χ3n) is 8.89. The Bertz CT molecular complexity index is 2270. The van der Waals surface area contributed by atoms with Crippen LogP contribution in [0.2, 0.25) is 0 Å². The number of hydrogen-bond donors (Lipinski definition) is 3. The number of fused-ring (bicyclic) bond motifs is 1. The molecule has 3 aromatic carbocycles. The number of nitrogens with one attached hydrogen (secondary N) is 3. The van der Waals surface area contributed by atoms with Crippen molar-refractivity contribution in [3.8, 4) is 11.4 Å².